The van der Waals surface area contributed by atoms with Crippen molar-refractivity contribution in [3.8, 4) is 0 Å². The first-order valence-electron chi connectivity index (χ1n) is 5.94. The smallest absolute Gasteiger partial charge is 0.225 e. The Morgan fingerprint density at radius 2 is 1.53 bits per heavy atom. The quantitative estimate of drug-likeness (QED) is 0.749. The van der Waals surface area contributed by atoms with Crippen LogP contribution in [0.2, 0.25) is 0 Å². The van der Waals surface area contributed by atoms with Gasteiger partial charge in [-0.05, 0) is 0 Å². The van der Waals surface area contributed by atoms with Crippen LogP contribution >= 0.6 is 0 Å². The second kappa shape index (κ2) is 6.15. The molecule has 0 radical (unpaired) electrons. The van der Waals surface area contributed by atoms with Crippen molar-refractivity contribution in [3.63, 3.8) is 0 Å². The number of amides is 1. The highest BCUT2D eigenvalue weighted by atomic mass is 16.5. The summed E-state index contributed by atoms with van der Waals surface area (Å²) in [6, 6.07) is 0. The standard InChI is InChI=1S/C13H25NO3/c1-12(2,3)10(15)9-17-8-7-14-11(16)13(4,5)6/h7-9H2,1-6H3,(H,14,16). The molecule has 4 nitrogen and oxygen atoms in total. The van der Waals surface area contributed by atoms with E-state index in [0.717, 1.165) is 0 Å². The molecule has 0 saturated heterocycles. The van der Waals surface area contributed by atoms with Crippen LogP contribution in [0.4, 0.5) is 0 Å². The van der Waals surface area contributed by atoms with E-state index in [9.17, 15) is 9.59 Å². The van der Waals surface area contributed by atoms with E-state index >= 15 is 0 Å². The lowest BCUT2D eigenvalue weighted by molar-refractivity contribution is -0.131. The fourth-order valence-corrected chi connectivity index (χ4v) is 0.883. The minimum Gasteiger partial charge on any atom is -0.372 e. The van der Waals surface area contributed by atoms with E-state index in [1.54, 1.807) is 0 Å². The fourth-order valence-electron chi connectivity index (χ4n) is 0.883. The van der Waals surface area contributed by atoms with Gasteiger partial charge in [0.15, 0.2) is 5.78 Å². The predicted octanol–water partition coefficient (Wildman–Crippen LogP) is 1.78. The van der Waals surface area contributed by atoms with Gasteiger partial charge in [0.2, 0.25) is 5.91 Å². The van der Waals surface area contributed by atoms with Crippen LogP contribution in [-0.4, -0.2) is 31.4 Å². The number of carbonyl (C=O) groups is 2. The number of nitrogens with one attached hydrogen (secondary N) is 1. The van der Waals surface area contributed by atoms with Crippen molar-refractivity contribution in [1.82, 2.24) is 5.32 Å². The molecular weight excluding hydrogens is 218 g/mol. The van der Waals surface area contributed by atoms with Crippen LogP contribution in [-0.2, 0) is 14.3 Å². The lowest BCUT2D eigenvalue weighted by Gasteiger charge is -2.18. The van der Waals surface area contributed by atoms with E-state index in [0.29, 0.717) is 13.2 Å². The summed E-state index contributed by atoms with van der Waals surface area (Å²) in [7, 11) is 0. The Hall–Kier alpha value is -0.900. The Morgan fingerprint density at radius 3 is 1.94 bits per heavy atom. The van der Waals surface area contributed by atoms with Gasteiger partial charge >= 0.3 is 0 Å². The summed E-state index contributed by atoms with van der Waals surface area (Å²) in [6.45, 7) is 12.1. The third kappa shape index (κ3) is 7.10. The highest BCUT2D eigenvalue weighted by molar-refractivity contribution is 5.84. The topological polar surface area (TPSA) is 55.4 Å². The molecule has 0 unspecified atom stereocenters. The zero-order chi connectivity index (χ0) is 13.7. The maximum atomic E-state index is 11.5. The van der Waals surface area contributed by atoms with Crippen molar-refractivity contribution < 1.29 is 14.3 Å². The molecule has 0 bridgehead atoms. The molecule has 0 heterocycles. The zero-order valence-corrected chi connectivity index (χ0v) is 11.8. The van der Waals surface area contributed by atoms with Gasteiger partial charge in [0.25, 0.3) is 0 Å². The van der Waals surface area contributed by atoms with Crippen molar-refractivity contribution in [1.29, 1.82) is 0 Å². The molecule has 0 saturated carbocycles. The molecule has 0 atom stereocenters. The second-order valence-electron chi connectivity index (χ2n) is 6.23. The van der Waals surface area contributed by atoms with Gasteiger partial charge in [-0.25, -0.2) is 0 Å². The van der Waals surface area contributed by atoms with Crippen molar-refractivity contribution >= 4 is 11.7 Å². The molecule has 0 aromatic heterocycles. The van der Waals surface area contributed by atoms with Crippen LogP contribution in [0.25, 0.3) is 0 Å². The van der Waals surface area contributed by atoms with E-state index in [4.69, 9.17) is 4.74 Å². The maximum Gasteiger partial charge on any atom is 0.225 e. The SMILES string of the molecule is CC(C)(C)C(=O)COCCNC(=O)C(C)(C)C. The molecule has 4 heteroatoms. The van der Waals surface area contributed by atoms with Gasteiger partial charge in [0.1, 0.15) is 6.61 Å². The maximum absolute atomic E-state index is 11.5. The van der Waals surface area contributed by atoms with E-state index in [-0.39, 0.29) is 29.1 Å². The summed E-state index contributed by atoms with van der Waals surface area (Å²) < 4.78 is 5.22. The molecular formula is C13H25NO3. The van der Waals surface area contributed by atoms with Gasteiger partial charge in [0.05, 0.1) is 6.61 Å². The summed E-state index contributed by atoms with van der Waals surface area (Å²) in [6.07, 6.45) is 0. The van der Waals surface area contributed by atoms with Crippen LogP contribution < -0.4 is 5.32 Å². The number of ether oxygens (including phenoxy) is 1. The second-order valence-corrected chi connectivity index (χ2v) is 6.23. The average Bonchev–Trinajstić information content (AvgIpc) is 2.13. The number of carbonyl (C=O) groups excluding carboxylic acids is 2. The molecule has 100 valence electrons. The van der Waals surface area contributed by atoms with Crippen molar-refractivity contribution in [2.45, 2.75) is 41.5 Å². The number of Topliss-reactive ketones (excluding diaryl/α,β-unsaturated/α-hetero) is 1. The van der Waals surface area contributed by atoms with E-state index in [2.05, 4.69) is 5.32 Å². The van der Waals surface area contributed by atoms with Crippen LogP contribution in [0.15, 0.2) is 0 Å². The molecule has 0 fully saturated rings. The summed E-state index contributed by atoms with van der Waals surface area (Å²) in [5.74, 6) is 0.0582. The van der Waals surface area contributed by atoms with Gasteiger partial charge in [-0.15, -0.1) is 0 Å². The van der Waals surface area contributed by atoms with Crippen molar-refractivity contribution in [2.75, 3.05) is 19.8 Å². The van der Waals surface area contributed by atoms with Crippen molar-refractivity contribution in [2.24, 2.45) is 10.8 Å². The molecule has 0 aliphatic rings. The molecule has 0 aromatic carbocycles. The van der Waals surface area contributed by atoms with Gasteiger partial charge in [-0.1, -0.05) is 41.5 Å². The molecule has 0 aromatic rings. The minimum atomic E-state index is -0.388. The van der Waals surface area contributed by atoms with Crippen LogP contribution in [0.1, 0.15) is 41.5 Å². The number of ketones is 1. The van der Waals surface area contributed by atoms with Gasteiger partial charge in [0, 0.05) is 17.4 Å². The lowest BCUT2D eigenvalue weighted by Crippen LogP contribution is -2.37. The predicted molar refractivity (Wildman–Crippen MR) is 67.7 cm³/mol. The molecule has 1 N–H and O–H groups in total. The number of hydrogen-bond donors (Lipinski definition) is 1. The Labute approximate surface area is 104 Å². The highest BCUT2D eigenvalue weighted by Crippen LogP contribution is 2.14. The number of rotatable bonds is 5. The normalized spacial score (nSPS) is 12.4. The van der Waals surface area contributed by atoms with Crippen molar-refractivity contribution in [3.05, 3.63) is 0 Å². The fraction of sp³-hybridized carbons (Fsp3) is 0.846. The summed E-state index contributed by atoms with van der Waals surface area (Å²) in [4.78, 5) is 23.0. The third-order valence-electron chi connectivity index (χ3n) is 2.28. The monoisotopic (exact) mass is 243 g/mol. The molecule has 0 spiro atoms. The summed E-state index contributed by atoms with van der Waals surface area (Å²) in [5.41, 5.74) is -0.754. The first kappa shape index (κ1) is 16.1. The highest BCUT2D eigenvalue weighted by Gasteiger charge is 2.22. The van der Waals surface area contributed by atoms with Gasteiger partial charge < -0.3 is 10.1 Å². The Morgan fingerprint density at radius 1 is 1.00 bits per heavy atom. The lowest BCUT2D eigenvalue weighted by atomic mass is 9.91. The van der Waals surface area contributed by atoms with Crippen LogP contribution in [0.3, 0.4) is 0 Å². The molecule has 0 rings (SSSR count). The van der Waals surface area contributed by atoms with E-state index < -0.39 is 0 Å². The van der Waals surface area contributed by atoms with Gasteiger partial charge in [-0.3, -0.25) is 9.59 Å². The zero-order valence-electron chi connectivity index (χ0n) is 11.8. The van der Waals surface area contributed by atoms with Crippen LogP contribution in [0.5, 0.6) is 0 Å². The van der Waals surface area contributed by atoms with Gasteiger partial charge in [-0.2, -0.15) is 0 Å². The van der Waals surface area contributed by atoms with Crippen LogP contribution in [0, 0.1) is 10.8 Å². The number of hydrogen-bond acceptors (Lipinski definition) is 3. The minimum absolute atomic E-state index is 0.0109. The first-order valence-corrected chi connectivity index (χ1v) is 5.94. The molecule has 0 aliphatic carbocycles. The third-order valence-corrected chi connectivity index (χ3v) is 2.28. The average molecular weight is 243 g/mol. The Balaban J connectivity index is 3.68. The molecule has 17 heavy (non-hydrogen) atoms. The Kier molecular flexibility index (Phi) is 5.82. The Bertz CT molecular complexity index is 243. The summed E-state index contributed by atoms with van der Waals surface area (Å²) in [5, 5.41) is 2.76. The van der Waals surface area contributed by atoms with E-state index in [1.807, 2.05) is 41.5 Å². The summed E-state index contributed by atoms with van der Waals surface area (Å²) >= 11 is 0. The first-order chi connectivity index (χ1) is 7.55. The molecule has 1 amide bonds. The van der Waals surface area contributed by atoms with E-state index in [1.165, 1.54) is 0 Å². The molecule has 0 aliphatic heterocycles. The largest absolute Gasteiger partial charge is 0.372 e.